The molecule has 0 aliphatic heterocycles. The highest BCUT2D eigenvalue weighted by Gasteiger charge is 2.13. The van der Waals surface area contributed by atoms with Crippen molar-refractivity contribution in [3.05, 3.63) is 60.9 Å². The van der Waals surface area contributed by atoms with Crippen molar-refractivity contribution >= 4 is 23.5 Å². The summed E-state index contributed by atoms with van der Waals surface area (Å²) in [6.07, 6.45) is 9.84. The van der Waals surface area contributed by atoms with E-state index < -0.39 is 0 Å². The van der Waals surface area contributed by atoms with E-state index in [1.165, 1.54) is 0 Å². The van der Waals surface area contributed by atoms with Gasteiger partial charge in [-0.25, -0.2) is 0 Å². The SMILES string of the molecule is Clc1ccc(N=C[C]2[CH][CH][CH][CH]2)cc1. The predicted octanol–water partition coefficient (Wildman–Crippen LogP) is 3.45. The van der Waals surface area contributed by atoms with Gasteiger partial charge in [0.15, 0.2) is 0 Å². The summed E-state index contributed by atoms with van der Waals surface area (Å²) in [5.41, 5.74) is 0.913. The number of halogens is 1. The molecular weight excluding hydrogens is 194 g/mol. The van der Waals surface area contributed by atoms with E-state index in [9.17, 15) is 0 Å². The van der Waals surface area contributed by atoms with Gasteiger partial charge in [-0.2, -0.15) is 0 Å². The average molecular weight is 203 g/mol. The van der Waals surface area contributed by atoms with Crippen LogP contribution in [0.25, 0.3) is 0 Å². The van der Waals surface area contributed by atoms with E-state index in [-0.39, 0.29) is 0 Å². The Morgan fingerprint density at radius 2 is 1.64 bits per heavy atom. The van der Waals surface area contributed by atoms with Crippen molar-refractivity contribution in [1.29, 1.82) is 0 Å². The summed E-state index contributed by atoms with van der Waals surface area (Å²) < 4.78 is 0. The van der Waals surface area contributed by atoms with Crippen LogP contribution in [-0.4, -0.2) is 6.21 Å². The van der Waals surface area contributed by atoms with Gasteiger partial charge in [0, 0.05) is 17.2 Å². The Hall–Kier alpha value is -0.820. The molecule has 2 rings (SSSR count). The van der Waals surface area contributed by atoms with E-state index in [1.807, 2.05) is 56.2 Å². The topological polar surface area (TPSA) is 12.4 Å². The molecule has 2 heteroatoms. The van der Waals surface area contributed by atoms with Gasteiger partial charge in [0.05, 0.1) is 5.69 Å². The van der Waals surface area contributed by atoms with Gasteiger partial charge in [0.25, 0.3) is 0 Å². The van der Waals surface area contributed by atoms with Crippen molar-refractivity contribution < 1.29 is 0 Å². The largest absolute Gasteiger partial charge is 0.261 e. The first-order valence-corrected chi connectivity index (χ1v) is 4.74. The van der Waals surface area contributed by atoms with Crippen molar-refractivity contribution in [2.24, 2.45) is 4.99 Å². The Kier molecular flexibility index (Phi) is 3.20. The highest BCUT2D eigenvalue weighted by atomic mass is 35.5. The molecule has 0 atom stereocenters. The van der Waals surface area contributed by atoms with Crippen molar-refractivity contribution in [2.75, 3.05) is 0 Å². The first-order chi connectivity index (χ1) is 6.84. The molecule has 5 radical (unpaired) electrons. The number of hydrogen-bond acceptors (Lipinski definition) is 1. The summed E-state index contributed by atoms with van der Waals surface area (Å²) in [6, 6.07) is 7.45. The summed E-state index contributed by atoms with van der Waals surface area (Å²) >= 11 is 5.76. The van der Waals surface area contributed by atoms with E-state index >= 15 is 0 Å². The van der Waals surface area contributed by atoms with Crippen LogP contribution in [0.2, 0.25) is 5.02 Å². The lowest BCUT2D eigenvalue weighted by Gasteiger charge is -1.98. The Balaban J connectivity index is 1.99. The number of nitrogens with zero attached hydrogens (tertiary/aromatic N) is 1. The van der Waals surface area contributed by atoms with Crippen LogP contribution < -0.4 is 0 Å². The van der Waals surface area contributed by atoms with Crippen LogP contribution in [0, 0.1) is 31.6 Å². The van der Waals surface area contributed by atoms with Crippen LogP contribution in [0.5, 0.6) is 0 Å². The summed E-state index contributed by atoms with van der Waals surface area (Å²) in [6.45, 7) is 0. The first kappa shape index (κ1) is 9.72. The molecule has 1 aromatic rings. The standard InChI is InChI=1S/C12H9ClN/c13-11-5-7-12(8-6-11)14-9-10-3-1-2-4-10/h1-9H. The quantitative estimate of drug-likeness (QED) is 0.652. The van der Waals surface area contributed by atoms with Crippen LogP contribution in [0.3, 0.4) is 0 Å². The minimum Gasteiger partial charge on any atom is -0.261 e. The van der Waals surface area contributed by atoms with Gasteiger partial charge in [0.2, 0.25) is 0 Å². The van der Waals surface area contributed by atoms with Gasteiger partial charge in [-0.05, 0) is 49.9 Å². The Morgan fingerprint density at radius 3 is 2.29 bits per heavy atom. The monoisotopic (exact) mass is 202 g/mol. The minimum absolute atomic E-state index is 0.734. The summed E-state index contributed by atoms with van der Waals surface area (Å²) in [4.78, 5) is 4.31. The first-order valence-electron chi connectivity index (χ1n) is 4.36. The van der Waals surface area contributed by atoms with Crippen LogP contribution in [-0.2, 0) is 0 Å². The molecule has 1 aromatic carbocycles. The molecule has 0 spiro atoms. The van der Waals surface area contributed by atoms with Crippen LogP contribution in [0.15, 0.2) is 29.3 Å². The number of rotatable bonds is 2. The highest BCUT2D eigenvalue weighted by Crippen LogP contribution is 2.22. The predicted molar refractivity (Wildman–Crippen MR) is 60.0 cm³/mol. The highest BCUT2D eigenvalue weighted by molar-refractivity contribution is 6.30. The van der Waals surface area contributed by atoms with E-state index in [2.05, 4.69) is 4.99 Å². The molecule has 0 unspecified atom stereocenters. The van der Waals surface area contributed by atoms with Crippen LogP contribution in [0.4, 0.5) is 5.69 Å². The number of aliphatic imine (C=N–C) groups is 1. The summed E-state index contributed by atoms with van der Waals surface area (Å²) in [5, 5.41) is 0.734. The van der Waals surface area contributed by atoms with Gasteiger partial charge >= 0.3 is 0 Å². The lowest BCUT2D eigenvalue weighted by atomic mass is 10.1. The molecule has 1 aliphatic carbocycles. The smallest absolute Gasteiger partial charge is 0.0627 e. The third-order valence-corrected chi connectivity index (χ3v) is 2.13. The second-order valence-electron chi connectivity index (χ2n) is 2.95. The Bertz CT molecular complexity index is 310. The van der Waals surface area contributed by atoms with E-state index in [1.54, 1.807) is 0 Å². The van der Waals surface area contributed by atoms with Gasteiger partial charge < -0.3 is 0 Å². The maximum absolute atomic E-state index is 5.76. The number of hydrogen-bond donors (Lipinski definition) is 0. The molecule has 1 aliphatic rings. The fraction of sp³-hybridized carbons (Fsp3) is 0. The number of benzene rings is 1. The third kappa shape index (κ3) is 2.58. The fourth-order valence-corrected chi connectivity index (χ4v) is 1.28. The molecule has 14 heavy (non-hydrogen) atoms. The molecule has 0 aromatic heterocycles. The summed E-state index contributed by atoms with van der Waals surface area (Å²) in [7, 11) is 0. The second kappa shape index (κ2) is 4.61. The second-order valence-corrected chi connectivity index (χ2v) is 3.39. The van der Waals surface area contributed by atoms with Gasteiger partial charge in [0.1, 0.15) is 0 Å². The van der Waals surface area contributed by atoms with Crippen molar-refractivity contribution in [1.82, 2.24) is 0 Å². The molecule has 0 heterocycles. The lowest BCUT2D eigenvalue weighted by Crippen LogP contribution is -1.91. The Morgan fingerprint density at radius 1 is 1.00 bits per heavy atom. The molecule has 1 fully saturated rings. The molecule has 0 saturated heterocycles. The fourth-order valence-electron chi connectivity index (χ4n) is 1.15. The zero-order valence-corrected chi connectivity index (χ0v) is 8.28. The maximum Gasteiger partial charge on any atom is 0.0627 e. The Labute approximate surface area is 89.8 Å². The maximum atomic E-state index is 5.76. The zero-order chi connectivity index (χ0) is 9.80. The zero-order valence-electron chi connectivity index (χ0n) is 7.52. The van der Waals surface area contributed by atoms with Crippen LogP contribution >= 0.6 is 11.6 Å². The molecule has 69 valence electrons. The molecule has 0 bridgehead atoms. The van der Waals surface area contributed by atoms with E-state index in [4.69, 9.17) is 11.6 Å². The van der Waals surface area contributed by atoms with Gasteiger partial charge in [-0.15, -0.1) is 0 Å². The van der Waals surface area contributed by atoms with E-state index in [0.29, 0.717) is 0 Å². The third-order valence-electron chi connectivity index (χ3n) is 1.88. The van der Waals surface area contributed by atoms with Crippen molar-refractivity contribution in [2.45, 2.75) is 0 Å². The van der Waals surface area contributed by atoms with Crippen molar-refractivity contribution in [3.63, 3.8) is 0 Å². The van der Waals surface area contributed by atoms with Crippen LogP contribution in [0.1, 0.15) is 0 Å². The molecular formula is C12H9ClN. The van der Waals surface area contributed by atoms with Gasteiger partial charge in [-0.1, -0.05) is 11.6 Å². The van der Waals surface area contributed by atoms with Crippen molar-refractivity contribution in [3.8, 4) is 0 Å². The normalized spacial score (nSPS) is 18.1. The average Bonchev–Trinajstić information content (AvgIpc) is 2.70. The van der Waals surface area contributed by atoms with E-state index in [0.717, 1.165) is 16.6 Å². The summed E-state index contributed by atoms with van der Waals surface area (Å²) in [5.74, 6) is 1.11. The minimum atomic E-state index is 0.734. The molecule has 0 amide bonds. The molecule has 0 N–H and O–H groups in total. The molecule has 1 saturated carbocycles. The molecule has 1 nitrogen and oxygen atoms in total. The lowest BCUT2D eigenvalue weighted by molar-refractivity contribution is 1.43. The van der Waals surface area contributed by atoms with Gasteiger partial charge in [-0.3, -0.25) is 4.99 Å².